The molecule has 0 spiro atoms. The van der Waals surface area contributed by atoms with E-state index in [1.54, 1.807) is 0 Å². The smallest absolute Gasteiger partial charge is 0.0706 e. The Hall–Kier alpha value is -5.34. The van der Waals surface area contributed by atoms with E-state index in [0.29, 0.717) is 0 Å². The summed E-state index contributed by atoms with van der Waals surface area (Å²) in [4.78, 5) is 10.8. The highest BCUT2D eigenvalue weighted by Crippen LogP contribution is 2.43. The molecule has 4 atom stereocenters. The van der Waals surface area contributed by atoms with Crippen LogP contribution in [0.25, 0.3) is 0 Å². The summed E-state index contributed by atoms with van der Waals surface area (Å²) in [6, 6.07) is 37.0. The highest BCUT2D eigenvalue weighted by molar-refractivity contribution is 6.17. The summed E-state index contributed by atoms with van der Waals surface area (Å²) in [5, 5.41) is 0. The Balaban J connectivity index is 1.53. The lowest BCUT2D eigenvalue weighted by Gasteiger charge is -2.23. The zero-order valence-electron chi connectivity index (χ0n) is 37.6. The number of aliphatic imine (C=N–C) groups is 2. The van der Waals surface area contributed by atoms with Gasteiger partial charge < -0.3 is 0 Å². The van der Waals surface area contributed by atoms with E-state index in [2.05, 4.69) is 194 Å². The summed E-state index contributed by atoms with van der Waals surface area (Å²) in [5.74, 6) is 0.612. The predicted molar refractivity (Wildman–Crippen MR) is 252 cm³/mol. The molecule has 58 heavy (non-hydrogen) atoms. The fourth-order valence-corrected chi connectivity index (χ4v) is 9.26. The normalized spacial score (nSPS) is 14.0. The van der Waals surface area contributed by atoms with Crippen LogP contribution in [-0.2, 0) is 0 Å². The van der Waals surface area contributed by atoms with E-state index in [0.717, 1.165) is 11.4 Å². The van der Waals surface area contributed by atoms with Crippen LogP contribution in [0.3, 0.4) is 0 Å². The summed E-state index contributed by atoms with van der Waals surface area (Å²) < 4.78 is 0. The van der Waals surface area contributed by atoms with Crippen LogP contribution in [-0.4, -0.2) is 12.4 Å². The van der Waals surface area contributed by atoms with E-state index >= 15 is 0 Å². The number of benzene rings is 6. The van der Waals surface area contributed by atoms with Gasteiger partial charge in [0.25, 0.3) is 0 Å². The molecule has 0 aliphatic rings. The van der Waals surface area contributed by atoms with Crippen molar-refractivity contribution in [3.8, 4) is 0 Å². The van der Waals surface area contributed by atoms with E-state index in [1.807, 2.05) is 12.4 Å². The molecular formula is C56H64N2. The van der Waals surface area contributed by atoms with Crippen molar-refractivity contribution in [2.45, 2.75) is 121 Å². The third kappa shape index (κ3) is 9.67. The molecule has 6 aromatic carbocycles. The highest BCUT2D eigenvalue weighted by atomic mass is 14.8. The number of aryl methyl sites for hydroxylation is 10. The van der Waals surface area contributed by atoms with Gasteiger partial charge in [0.15, 0.2) is 0 Å². The zero-order chi connectivity index (χ0) is 42.0. The van der Waals surface area contributed by atoms with E-state index in [4.69, 9.17) is 9.98 Å². The predicted octanol–water partition coefficient (Wildman–Crippen LogP) is 15.5. The molecule has 0 saturated carbocycles. The maximum absolute atomic E-state index is 5.40. The molecule has 2 nitrogen and oxygen atoms in total. The quantitative estimate of drug-likeness (QED) is 0.117. The Kier molecular flexibility index (Phi) is 12.9. The van der Waals surface area contributed by atoms with Crippen molar-refractivity contribution < 1.29 is 0 Å². The molecule has 0 N–H and O–H groups in total. The van der Waals surface area contributed by atoms with Gasteiger partial charge in [-0.05, 0) is 114 Å². The van der Waals surface area contributed by atoms with Gasteiger partial charge in [-0.25, -0.2) is 0 Å². The van der Waals surface area contributed by atoms with Gasteiger partial charge in [0.2, 0.25) is 0 Å². The van der Waals surface area contributed by atoms with Crippen molar-refractivity contribution >= 4 is 23.8 Å². The van der Waals surface area contributed by atoms with Gasteiger partial charge in [-0.1, -0.05) is 180 Å². The van der Waals surface area contributed by atoms with E-state index in [9.17, 15) is 0 Å². The van der Waals surface area contributed by atoms with Gasteiger partial charge >= 0.3 is 0 Å². The first-order valence-electron chi connectivity index (χ1n) is 21.2. The number of hydrogen-bond acceptors (Lipinski definition) is 2. The summed E-state index contributed by atoms with van der Waals surface area (Å²) >= 11 is 0. The molecule has 0 heterocycles. The minimum Gasteiger partial charge on any atom is -0.255 e. The molecule has 0 aliphatic heterocycles. The maximum Gasteiger partial charge on any atom is 0.0706 e. The SMILES string of the molecule is Cc1cc(C)cc([C@@H](C)c2cc(C)cc([C@H](C)c3cc(C)cc(C)c3)c2/N=C/C=N/c2c([C@H](C)c3cc(C)cc(C)c3)cc(C)cc2[C@H](C)c2cc(C)cc(C)c2)c1. The molecule has 0 aromatic heterocycles. The third-order valence-electron chi connectivity index (χ3n) is 11.9. The standard InChI is InChI=1S/C56H64N2/c1-33-17-34(2)22-47(21-33)43(11)51-29-41(9)30-52(44(12)48-23-35(3)18-36(4)24-48)55(51)57-15-16-58-56-53(45(13)49-25-37(5)19-38(6)26-49)31-42(10)32-54(56)46(14)50-27-39(7)20-40(8)28-50/h15-32,43-46H,1-14H3/b57-15+,58-16+/t43-,44-,45-,46-/m1/s1. The number of hydrogen-bond donors (Lipinski definition) is 0. The molecule has 0 unspecified atom stereocenters. The van der Waals surface area contributed by atoms with Crippen LogP contribution in [0.2, 0.25) is 0 Å². The second kappa shape index (κ2) is 17.7. The largest absolute Gasteiger partial charge is 0.255 e. The highest BCUT2D eigenvalue weighted by Gasteiger charge is 2.23. The molecular weight excluding hydrogens is 701 g/mol. The maximum atomic E-state index is 5.40. The second-order valence-corrected chi connectivity index (χ2v) is 17.7. The molecule has 0 saturated heterocycles. The molecule has 2 heteroatoms. The van der Waals surface area contributed by atoms with Gasteiger partial charge in [-0.2, -0.15) is 0 Å². The van der Waals surface area contributed by atoms with Gasteiger partial charge in [0.05, 0.1) is 11.4 Å². The van der Waals surface area contributed by atoms with Crippen LogP contribution in [0.4, 0.5) is 11.4 Å². The van der Waals surface area contributed by atoms with Crippen molar-refractivity contribution in [3.63, 3.8) is 0 Å². The van der Waals surface area contributed by atoms with Crippen molar-refractivity contribution in [2.24, 2.45) is 9.98 Å². The Bertz CT molecular complexity index is 2110. The van der Waals surface area contributed by atoms with Gasteiger partial charge in [-0.15, -0.1) is 0 Å². The summed E-state index contributed by atoms with van der Waals surface area (Å²) in [5.41, 5.74) is 25.0. The zero-order valence-corrected chi connectivity index (χ0v) is 37.6. The lowest BCUT2D eigenvalue weighted by molar-refractivity contribution is 0.879. The van der Waals surface area contributed by atoms with Crippen LogP contribution >= 0.6 is 0 Å². The monoisotopic (exact) mass is 765 g/mol. The average Bonchev–Trinajstić information content (AvgIpc) is 3.14. The fraction of sp³-hybridized carbons (Fsp3) is 0.321. The summed E-state index contributed by atoms with van der Waals surface area (Å²) in [6.45, 7) is 31.3. The third-order valence-corrected chi connectivity index (χ3v) is 11.9. The molecule has 298 valence electrons. The minimum atomic E-state index is 0.153. The van der Waals surface area contributed by atoms with Gasteiger partial charge in [0, 0.05) is 36.1 Å². The van der Waals surface area contributed by atoms with Gasteiger partial charge in [-0.3, -0.25) is 9.98 Å². The molecule has 0 fully saturated rings. The lowest BCUT2D eigenvalue weighted by Crippen LogP contribution is -2.05. The molecule has 0 bridgehead atoms. The Labute approximate surface area is 350 Å². The van der Waals surface area contributed by atoms with Crippen LogP contribution < -0.4 is 0 Å². The number of rotatable bonds is 11. The molecule has 0 radical (unpaired) electrons. The van der Waals surface area contributed by atoms with Crippen molar-refractivity contribution in [3.05, 3.63) is 197 Å². The summed E-state index contributed by atoms with van der Waals surface area (Å²) in [6.07, 6.45) is 3.88. The van der Waals surface area contributed by atoms with Crippen molar-refractivity contribution in [1.29, 1.82) is 0 Å². The van der Waals surface area contributed by atoms with Crippen molar-refractivity contribution in [1.82, 2.24) is 0 Å². The second-order valence-electron chi connectivity index (χ2n) is 17.7. The Morgan fingerprint density at radius 1 is 0.276 bits per heavy atom. The average molecular weight is 765 g/mol. The first-order valence-corrected chi connectivity index (χ1v) is 21.2. The van der Waals surface area contributed by atoms with Gasteiger partial charge in [0.1, 0.15) is 0 Å². The lowest BCUT2D eigenvalue weighted by atomic mass is 9.83. The Morgan fingerprint density at radius 3 is 0.638 bits per heavy atom. The van der Waals surface area contributed by atoms with E-state index < -0.39 is 0 Å². The molecule has 0 amide bonds. The summed E-state index contributed by atoms with van der Waals surface area (Å²) in [7, 11) is 0. The first-order chi connectivity index (χ1) is 27.5. The number of nitrogens with zero attached hydrogens (tertiary/aromatic N) is 2. The molecule has 6 aromatic rings. The Morgan fingerprint density at radius 2 is 0.448 bits per heavy atom. The van der Waals surface area contributed by atoms with Crippen LogP contribution in [0, 0.1) is 69.2 Å². The first kappa shape index (κ1) is 42.3. The van der Waals surface area contributed by atoms with Crippen LogP contribution in [0.5, 0.6) is 0 Å². The van der Waals surface area contributed by atoms with E-state index in [1.165, 1.54) is 100 Å². The van der Waals surface area contributed by atoms with E-state index in [-0.39, 0.29) is 23.7 Å². The van der Waals surface area contributed by atoms with Crippen LogP contribution in [0.1, 0.15) is 152 Å². The minimum absolute atomic E-state index is 0.153. The molecule has 0 aliphatic carbocycles. The molecule has 6 rings (SSSR count). The van der Waals surface area contributed by atoms with Crippen LogP contribution in [0.15, 0.2) is 107 Å². The topological polar surface area (TPSA) is 24.7 Å². The fourth-order valence-electron chi connectivity index (χ4n) is 9.26. The van der Waals surface area contributed by atoms with Crippen molar-refractivity contribution in [2.75, 3.05) is 0 Å².